The van der Waals surface area contributed by atoms with Crippen LogP contribution < -0.4 is 4.74 Å². The number of likely N-dealkylation sites (N-methyl/N-ethyl adjacent to an activating group) is 1. The molecule has 2 rings (SSSR count). The molecular weight excluding hydrogens is 350 g/mol. The van der Waals surface area contributed by atoms with Crippen LogP contribution in [0, 0.1) is 6.92 Å². The molecule has 1 amide bonds. The first kappa shape index (κ1) is 20.1. The number of hydrogen-bond acceptors (Lipinski definition) is 3. The minimum atomic E-state index is -0.482. The fraction of sp³-hybridized carbons (Fsp3) is 0.381. The zero-order valence-corrected chi connectivity index (χ0v) is 16.8. The lowest BCUT2D eigenvalue weighted by Crippen LogP contribution is -2.35. The summed E-state index contributed by atoms with van der Waals surface area (Å²) in [7, 11) is 1.74. The molecule has 0 bridgehead atoms. The SMILES string of the molecule is Cc1cc(Oc2ccc(CCN(C)C(=O)OC(C)(C)C)cc2)ccc1Cl. The van der Waals surface area contributed by atoms with E-state index in [1.165, 1.54) is 0 Å². The number of aryl methyl sites for hydroxylation is 1. The summed E-state index contributed by atoms with van der Waals surface area (Å²) in [4.78, 5) is 13.6. The molecule has 0 aliphatic rings. The van der Waals surface area contributed by atoms with Crippen molar-refractivity contribution in [2.24, 2.45) is 0 Å². The lowest BCUT2D eigenvalue weighted by atomic mass is 10.1. The standard InChI is InChI=1S/C21H26ClNO3/c1-15-14-18(10-11-19(15)22)25-17-8-6-16(7-9-17)12-13-23(5)20(24)26-21(2,3)4/h6-11,14H,12-13H2,1-5H3. The Morgan fingerprint density at radius 1 is 1.08 bits per heavy atom. The molecule has 4 nitrogen and oxygen atoms in total. The number of hydrogen-bond donors (Lipinski definition) is 0. The Kier molecular flexibility index (Phi) is 6.54. The van der Waals surface area contributed by atoms with E-state index in [-0.39, 0.29) is 6.09 Å². The van der Waals surface area contributed by atoms with E-state index < -0.39 is 5.60 Å². The molecule has 0 N–H and O–H groups in total. The topological polar surface area (TPSA) is 38.8 Å². The van der Waals surface area contributed by atoms with E-state index in [1.807, 2.05) is 70.2 Å². The van der Waals surface area contributed by atoms with Crippen LogP contribution in [0.15, 0.2) is 42.5 Å². The van der Waals surface area contributed by atoms with Crippen molar-refractivity contribution in [1.82, 2.24) is 4.90 Å². The molecule has 5 heteroatoms. The summed E-state index contributed by atoms with van der Waals surface area (Å²) in [6.07, 6.45) is 0.436. The summed E-state index contributed by atoms with van der Waals surface area (Å²) < 4.78 is 11.2. The van der Waals surface area contributed by atoms with Crippen molar-refractivity contribution in [3.8, 4) is 11.5 Å². The normalized spacial score (nSPS) is 11.2. The van der Waals surface area contributed by atoms with Crippen LogP contribution >= 0.6 is 11.6 Å². The first-order chi connectivity index (χ1) is 12.1. The monoisotopic (exact) mass is 375 g/mol. The van der Waals surface area contributed by atoms with Gasteiger partial charge in [-0.05, 0) is 75.6 Å². The second kappa shape index (κ2) is 8.45. The van der Waals surface area contributed by atoms with Crippen LogP contribution in [0.4, 0.5) is 4.79 Å². The van der Waals surface area contributed by atoms with Crippen molar-refractivity contribution in [2.75, 3.05) is 13.6 Å². The molecule has 0 heterocycles. The summed E-state index contributed by atoms with van der Waals surface area (Å²) in [5.41, 5.74) is 1.62. The van der Waals surface area contributed by atoms with Crippen molar-refractivity contribution in [1.29, 1.82) is 0 Å². The fourth-order valence-corrected chi connectivity index (χ4v) is 2.39. The van der Waals surface area contributed by atoms with Crippen LogP contribution in [0.2, 0.25) is 5.02 Å². The number of halogens is 1. The Morgan fingerprint density at radius 2 is 1.69 bits per heavy atom. The van der Waals surface area contributed by atoms with Crippen molar-refractivity contribution in [3.05, 3.63) is 58.6 Å². The van der Waals surface area contributed by atoms with Crippen molar-refractivity contribution < 1.29 is 14.3 Å². The van der Waals surface area contributed by atoms with E-state index in [4.69, 9.17) is 21.1 Å². The molecule has 0 saturated heterocycles. The van der Waals surface area contributed by atoms with Crippen LogP contribution in [-0.2, 0) is 11.2 Å². The number of carbonyl (C=O) groups excluding carboxylic acids is 1. The highest BCUT2D eigenvalue weighted by Crippen LogP contribution is 2.26. The third-order valence-electron chi connectivity index (χ3n) is 3.73. The highest BCUT2D eigenvalue weighted by atomic mass is 35.5. The quantitative estimate of drug-likeness (QED) is 0.657. The Hall–Kier alpha value is -2.20. The molecule has 0 radical (unpaired) electrons. The molecule has 0 saturated carbocycles. The third kappa shape index (κ3) is 6.26. The zero-order valence-electron chi connectivity index (χ0n) is 16.0. The van der Waals surface area contributed by atoms with Crippen LogP contribution in [0.1, 0.15) is 31.9 Å². The molecular formula is C21H26ClNO3. The van der Waals surface area contributed by atoms with Gasteiger partial charge in [0.05, 0.1) is 0 Å². The Bertz CT molecular complexity index is 751. The lowest BCUT2D eigenvalue weighted by Gasteiger charge is -2.24. The molecule has 140 valence electrons. The van der Waals surface area contributed by atoms with E-state index in [9.17, 15) is 4.79 Å². The van der Waals surface area contributed by atoms with Crippen LogP contribution in [0.25, 0.3) is 0 Å². The number of carbonyl (C=O) groups is 1. The van der Waals surface area contributed by atoms with E-state index in [1.54, 1.807) is 11.9 Å². The summed E-state index contributed by atoms with van der Waals surface area (Å²) in [5, 5.41) is 0.724. The largest absolute Gasteiger partial charge is 0.457 e. The molecule has 0 spiro atoms. The average Bonchev–Trinajstić information content (AvgIpc) is 2.56. The highest BCUT2D eigenvalue weighted by molar-refractivity contribution is 6.31. The number of benzene rings is 2. The van der Waals surface area contributed by atoms with Gasteiger partial charge in [0.1, 0.15) is 17.1 Å². The summed E-state index contributed by atoms with van der Waals surface area (Å²) in [5.74, 6) is 1.51. The molecule has 2 aromatic carbocycles. The fourth-order valence-electron chi connectivity index (χ4n) is 2.27. The van der Waals surface area contributed by atoms with Gasteiger partial charge in [-0.25, -0.2) is 4.79 Å². The van der Waals surface area contributed by atoms with Gasteiger partial charge in [-0.2, -0.15) is 0 Å². The molecule has 26 heavy (non-hydrogen) atoms. The lowest BCUT2D eigenvalue weighted by molar-refractivity contribution is 0.0301. The summed E-state index contributed by atoms with van der Waals surface area (Å²) in [6.45, 7) is 8.11. The van der Waals surface area contributed by atoms with E-state index >= 15 is 0 Å². The van der Waals surface area contributed by atoms with Gasteiger partial charge in [-0.15, -0.1) is 0 Å². The van der Waals surface area contributed by atoms with E-state index in [2.05, 4.69) is 0 Å². The summed E-state index contributed by atoms with van der Waals surface area (Å²) in [6, 6.07) is 13.4. The van der Waals surface area contributed by atoms with Crippen molar-refractivity contribution in [3.63, 3.8) is 0 Å². The minimum Gasteiger partial charge on any atom is -0.457 e. The Balaban J connectivity index is 1.89. The average molecular weight is 376 g/mol. The van der Waals surface area contributed by atoms with E-state index in [0.717, 1.165) is 34.1 Å². The van der Waals surface area contributed by atoms with Crippen LogP contribution in [0.3, 0.4) is 0 Å². The molecule has 0 aliphatic heterocycles. The van der Waals surface area contributed by atoms with Gasteiger partial charge in [0.15, 0.2) is 0 Å². The molecule has 2 aromatic rings. The summed E-state index contributed by atoms with van der Waals surface area (Å²) >= 11 is 6.03. The van der Waals surface area contributed by atoms with Crippen LogP contribution in [-0.4, -0.2) is 30.2 Å². The number of ether oxygens (including phenoxy) is 2. The Labute approximate surface area is 160 Å². The highest BCUT2D eigenvalue weighted by Gasteiger charge is 2.19. The van der Waals surface area contributed by atoms with Crippen molar-refractivity contribution >= 4 is 17.7 Å². The van der Waals surface area contributed by atoms with Crippen LogP contribution in [0.5, 0.6) is 11.5 Å². The third-order valence-corrected chi connectivity index (χ3v) is 4.15. The molecule has 0 aromatic heterocycles. The maximum Gasteiger partial charge on any atom is 0.410 e. The van der Waals surface area contributed by atoms with Gasteiger partial charge in [-0.1, -0.05) is 23.7 Å². The predicted octanol–water partition coefficient (Wildman–Crippen LogP) is 5.85. The van der Waals surface area contributed by atoms with E-state index in [0.29, 0.717) is 6.54 Å². The second-order valence-electron chi connectivity index (χ2n) is 7.31. The first-order valence-electron chi connectivity index (χ1n) is 8.61. The zero-order chi connectivity index (χ0) is 19.3. The van der Waals surface area contributed by atoms with Gasteiger partial charge in [0.25, 0.3) is 0 Å². The second-order valence-corrected chi connectivity index (χ2v) is 7.72. The molecule has 0 atom stereocenters. The maximum absolute atomic E-state index is 12.0. The van der Waals surface area contributed by atoms with Gasteiger partial charge in [0.2, 0.25) is 0 Å². The molecule has 0 aliphatic carbocycles. The van der Waals surface area contributed by atoms with Gasteiger partial charge >= 0.3 is 6.09 Å². The van der Waals surface area contributed by atoms with Gasteiger partial charge in [-0.3, -0.25) is 0 Å². The maximum atomic E-state index is 12.0. The minimum absolute atomic E-state index is 0.310. The van der Waals surface area contributed by atoms with Crippen molar-refractivity contribution in [2.45, 2.75) is 39.7 Å². The van der Waals surface area contributed by atoms with Gasteiger partial charge < -0.3 is 14.4 Å². The van der Waals surface area contributed by atoms with Gasteiger partial charge in [0, 0.05) is 18.6 Å². The first-order valence-corrected chi connectivity index (χ1v) is 8.99. The predicted molar refractivity (Wildman–Crippen MR) is 105 cm³/mol. The molecule has 0 fully saturated rings. The smallest absolute Gasteiger partial charge is 0.410 e. The number of rotatable bonds is 5. The Morgan fingerprint density at radius 3 is 2.27 bits per heavy atom. The number of nitrogens with zero attached hydrogens (tertiary/aromatic N) is 1. The number of amides is 1. The molecule has 0 unspecified atom stereocenters.